The van der Waals surface area contributed by atoms with Crippen LogP contribution in [-0.2, 0) is 0 Å². The van der Waals surface area contributed by atoms with Crippen LogP contribution in [0.5, 0.6) is 5.75 Å². The first-order valence-electron chi connectivity index (χ1n) is 5.93. The molecule has 0 spiro atoms. The molecule has 0 aliphatic heterocycles. The highest BCUT2D eigenvalue weighted by Gasteiger charge is 2.19. The zero-order valence-corrected chi connectivity index (χ0v) is 11.2. The van der Waals surface area contributed by atoms with E-state index in [-0.39, 0.29) is 12.4 Å². The summed E-state index contributed by atoms with van der Waals surface area (Å²) in [7, 11) is 0. The van der Waals surface area contributed by atoms with Gasteiger partial charge in [0.25, 0.3) is 0 Å². The van der Waals surface area contributed by atoms with Crippen molar-refractivity contribution in [3.05, 3.63) is 33.9 Å². The van der Waals surface area contributed by atoms with Crippen molar-refractivity contribution in [2.75, 3.05) is 12.4 Å². The molecule has 4 nitrogen and oxygen atoms in total. The summed E-state index contributed by atoms with van der Waals surface area (Å²) in [6.45, 7) is 0.251. The molecular weight excluding hydrogens is 276 g/mol. The van der Waals surface area contributed by atoms with Crippen molar-refractivity contribution >= 4 is 18.3 Å². The lowest BCUT2D eigenvalue weighted by Gasteiger charge is -2.07. The van der Waals surface area contributed by atoms with Gasteiger partial charge in [-0.25, -0.2) is 4.39 Å². The zero-order valence-electron chi connectivity index (χ0n) is 10.3. The Kier molecular flexibility index (Phi) is 6.55. The second kappa shape index (κ2) is 7.93. The first kappa shape index (κ1) is 15.7. The molecule has 1 aromatic carbocycles. The summed E-state index contributed by atoms with van der Waals surface area (Å²) in [5, 5.41) is 10.4. The molecule has 0 fully saturated rings. The van der Waals surface area contributed by atoms with Crippen LogP contribution in [0.25, 0.3) is 0 Å². The fraction of sp³-hybridized carbons (Fsp3) is 0.500. The Morgan fingerprint density at radius 1 is 1.16 bits per heavy atom. The molecular formula is C12H15F2NO3S. The summed E-state index contributed by atoms with van der Waals surface area (Å²) < 4.78 is 31.7. The molecule has 19 heavy (non-hydrogen) atoms. The number of nitro groups is 1. The number of ether oxygens (including phenoxy) is 1. The summed E-state index contributed by atoms with van der Waals surface area (Å²) in [5.74, 6) is -1.50. The van der Waals surface area contributed by atoms with Crippen LogP contribution < -0.4 is 4.74 Å². The maximum absolute atomic E-state index is 13.4. The van der Waals surface area contributed by atoms with E-state index in [1.54, 1.807) is 0 Å². The van der Waals surface area contributed by atoms with E-state index in [2.05, 4.69) is 12.6 Å². The molecule has 0 aliphatic carbocycles. The Balaban J connectivity index is 2.50. The monoisotopic (exact) mass is 291 g/mol. The Morgan fingerprint density at radius 3 is 2.47 bits per heavy atom. The summed E-state index contributed by atoms with van der Waals surface area (Å²) in [6.07, 6.45) is 3.64. The van der Waals surface area contributed by atoms with E-state index in [9.17, 15) is 18.9 Å². The molecule has 0 radical (unpaired) electrons. The molecule has 1 aromatic rings. The maximum atomic E-state index is 13.4. The largest absolute Gasteiger partial charge is 0.490 e. The van der Waals surface area contributed by atoms with Gasteiger partial charge in [-0.15, -0.1) is 0 Å². The fourth-order valence-corrected chi connectivity index (χ4v) is 1.74. The van der Waals surface area contributed by atoms with E-state index in [4.69, 9.17) is 4.74 Å². The minimum absolute atomic E-state index is 0.251. The predicted octanol–water partition coefficient (Wildman–Crippen LogP) is 3.74. The highest BCUT2D eigenvalue weighted by atomic mass is 32.1. The lowest BCUT2D eigenvalue weighted by Crippen LogP contribution is -2.02. The Labute approximate surface area is 115 Å². The van der Waals surface area contributed by atoms with Crippen LogP contribution >= 0.6 is 12.6 Å². The molecule has 0 unspecified atom stereocenters. The van der Waals surface area contributed by atoms with E-state index in [0.717, 1.165) is 25.0 Å². The molecule has 7 heteroatoms. The van der Waals surface area contributed by atoms with Gasteiger partial charge in [-0.3, -0.25) is 10.1 Å². The molecule has 1 rings (SSSR count). The highest BCUT2D eigenvalue weighted by Crippen LogP contribution is 2.26. The van der Waals surface area contributed by atoms with Crippen molar-refractivity contribution in [2.24, 2.45) is 0 Å². The summed E-state index contributed by atoms with van der Waals surface area (Å²) >= 11 is 4.08. The van der Waals surface area contributed by atoms with Gasteiger partial charge in [0.15, 0.2) is 11.6 Å². The number of hydrogen-bond donors (Lipinski definition) is 1. The zero-order chi connectivity index (χ0) is 14.3. The van der Waals surface area contributed by atoms with Gasteiger partial charge in [0, 0.05) is 6.07 Å². The van der Waals surface area contributed by atoms with Gasteiger partial charge in [-0.05, 0) is 18.6 Å². The first-order chi connectivity index (χ1) is 9.06. The SMILES string of the molecule is O=[N+]([O-])c1cc(F)c(OCCCCCCS)cc1F. The Bertz CT molecular complexity index is 443. The average molecular weight is 291 g/mol. The van der Waals surface area contributed by atoms with Crippen molar-refractivity contribution in [3.8, 4) is 5.75 Å². The number of nitrogens with zero attached hydrogens (tertiary/aromatic N) is 1. The van der Waals surface area contributed by atoms with Crippen molar-refractivity contribution < 1.29 is 18.4 Å². The lowest BCUT2D eigenvalue weighted by atomic mass is 10.2. The Morgan fingerprint density at radius 2 is 1.84 bits per heavy atom. The van der Waals surface area contributed by atoms with Crippen LogP contribution in [0.2, 0.25) is 0 Å². The van der Waals surface area contributed by atoms with E-state index in [1.165, 1.54) is 0 Å². The summed E-state index contributed by atoms with van der Waals surface area (Å²) in [5.41, 5.74) is -0.890. The predicted molar refractivity (Wildman–Crippen MR) is 70.8 cm³/mol. The highest BCUT2D eigenvalue weighted by molar-refractivity contribution is 7.80. The van der Waals surface area contributed by atoms with E-state index >= 15 is 0 Å². The molecule has 0 aliphatic rings. The van der Waals surface area contributed by atoms with Crippen LogP contribution in [0.3, 0.4) is 0 Å². The molecule has 0 amide bonds. The van der Waals surface area contributed by atoms with E-state index in [0.29, 0.717) is 18.6 Å². The second-order valence-electron chi connectivity index (χ2n) is 3.98. The smallest absolute Gasteiger partial charge is 0.307 e. The van der Waals surface area contributed by atoms with Crippen LogP contribution in [0.4, 0.5) is 14.5 Å². The molecule has 0 aromatic heterocycles. The van der Waals surface area contributed by atoms with Crippen LogP contribution in [0, 0.1) is 21.7 Å². The number of thiol groups is 1. The van der Waals surface area contributed by atoms with Crippen LogP contribution in [0.15, 0.2) is 12.1 Å². The van der Waals surface area contributed by atoms with Gasteiger partial charge in [-0.1, -0.05) is 12.8 Å². The van der Waals surface area contributed by atoms with Crippen LogP contribution in [-0.4, -0.2) is 17.3 Å². The number of halogens is 2. The minimum Gasteiger partial charge on any atom is -0.490 e. The quantitative estimate of drug-likeness (QED) is 0.343. The van der Waals surface area contributed by atoms with Crippen molar-refractivity contribution in [2.45, 2.75) is 25.7 Å². The van der Waals surface area contributed by atoms with E-state index < -0.39 is 22.2 Å². The van der Waals surface area contributed by atoms with Gasteiger partial charge in [0.05, 0.1) is 17.6 Å². The van der Waals surface area contributed by atoms with Gasteiger partial charge in [-0.2, -0.15) is 17.0 Å². The van der Waals surface area contributed by atoms with Gasteiger partial charge >= 0.3 is 5.69 Å². The van der Waals surface area contributed by atoms with Gasteiger partial charge in [0.2, 0.25) is 5.82 Å². The number of hydrogen-bond acceptors (Lipinski definition) is 4. The fourth-order valence-electron chi connectivity index (χ4n) is 1.52. The van der Waals surface area contributed by atoms with Gasteiger partial charge in [0.1, 0.15) is 0 Å². The van der Waals surface area contributed by atoms with Crippen molar-refractivity contribution in [3.63, 3.8) is 0 Å². The molecule has 0 atom stereocenters. The third kappa shape index (κ3) is 5.02. The topological polar surface area (TPSA) is 52.4 Å². The molecule has 0 saturated carbocycles. The molecule has 0 N–H and O–H groups in total. The third-order valence-corrected chi connectivity index (χ3v) is 2.82. The summed E-state index contributed by atoms with van der Waals surface area (Å²) in [4.78, 5) is 9.43. The second-order valence-corrected chi connectivity index (χ2v) is 4.42. The number of benzene rings is 1. The minimum atomic E-state index is -1.10. The van der Waals surface area contributed by atoms with E-state index in [1.807, 2.05) is 0 Å². The molecule has 0 saturated heterocycles. The molecule has 0 bridgehead atoms. The van der Waals surface area contributed by atoms with Crippen molar-refractivity contribution in [1.82, 2.24) is 0 Å². The normalized spacial score (nSPS) is 10.5. The first-order valence-corrected chi connectivity index (χ1v) is 6.56. The average Bonchev–Trinajstić information content (AvgIpc) is 2.36. The maximum Gasteiger partial charge on any atom is 0.307 e. The number of nitro benzene ring substituents is 1. The van der Waals surface area contributed by atoms with Gasteiger partial charge < -0.3 is 4.74 Å². The number of unbranched alkanes of at least 4 members (excludes halogenated alkanes) is 3. The Hall–Kier alpha value is -1.37. The standard InChI is InChI=1S/C12H15F2NO3S/c13-9-8-12(10(14)7-11(9)15(16)17)18-5-3-1-2-4-6-19/h7-8,19H,1-6H2. The van der Waals surface area contributed by atoms with Crippen molar-refractivity contribution in [1.29, 1.82) is 0 Å². The lowest BCUT2D eigenvalue weighted by molar-refractivity contribution is -0.387. The third-order valence-electron chi connectivity index (χ3n) is 2.51. The summed E-state index contributed by atoms with van der Waals surface area (Å²) in [6, 6.07) is 1.24. The molecule has 0 heterocycles. The van der Waals surface area contributed by atoms with Crippen LogP contribution in [0.1, 0.15) is 25.7 Å². The number of rotatable bonds is 8. The molecule has 106 valence electrons.